The van der Waals surface area contributed by atoms with E-state index in [0.29, 0.717) is 21.2 Å². The van der Waals surface area contributed by atoms with Crippen molar-refractivity contribution in [2.75, 3.05) is 0 Å². The summed E-state index contributed by atoms with van der Waals surface area (Å²) >= 11 is 3.24. The summed E-state index contributed by atoms with van der Waals surface area (Å²) in [6, 6.07) is 1.60. The average molecular weight is 391 g/mol. The average Bonchev–Trinajstić information content (AvgIpc) is 2.30. The van der Waals surface area contributed by atoms with E-state index in [1.807, 2.05) is 27.7 Å². The molecule has 1 rings (SSSR count). The van der Waals surface area contributed by atoms with Gasteiger partial charge in [0.15, 0.2) is 0 Å². The van der Waals surface area contributed by atoms with Gasteiger partial charge in [-0.3, -0.25) is 4.79 Å². The van der Waals surface area contributed by atoms with Crippen LogP contribution in [0.2, 0.25) is 0 Å². The summed E-state index contributed by atoms with van der Waals surface area (Å²) in [7, 11) is -3.93. The lowest BCUT2D eigenvalue weighted by molar-refractivity contribution is 0.0909. The van der Waals surface area contributed by atoms with Crippen LogP contribution in [0.3, 0.4) is 0 Å². The maximum absolute atomic E-state index is 12.5. The van der Waals surface area contributed by atoms with E-state index in [4.69, 9.17) is 5.14 Å². The van der Waals surface area contributed by atoms with Crippen LogP contribution in [0.4, 0.5) is 0 Å². The molecular weight excluding hydrogens is 368 g/mol. The molecule has 5 nitrogen and oxygen atoms in total. The number of amides is 1. The number of aryl methyl sites for hydroxylation is 1. The van der Waals surface area contributed by atoms with Crippen molar-refractivity contribution < 1.29 is 13.2 Å². The molecule has 1 unspecified atom stereocenters. The molecule has 7 heteroatoms. The molecule has 1 amide bonds. The largest absolute Gasteiger partial charge is 0.349 e. The third-order valence-corrected chi connectivity index (χ3v) is 6.19. The predicted octanol–water partition coefficient (Wildman–Crippen LogP) is 2.88. The van der Waals surface area contributed by atoms with Gasteiger partial charge in [0.05, 0.1) is 4.90 Å². The Morgan fingerprint density at radius 3 is 2.23 bits per heavy atom. The first-order valence-electron chi connectivity index (χ1n) is 6.90. The Labute approximate surface area is 140 Å². The lowest BCUT2D eigenvalue weighted by atomic mass is 9.88. The number of nitrogens with two attached hydrogens (primary N) is 1. The summed E-state index contributed by atoms with van der Waals surface area (Å²) < 4.78 is 24.0. The summed E-state index contributed by atoms with van der Waals surface area (Å²) in [6.07, 6.45) is 0. The van der Waals surface area contributed by atoms with Gasteiger partial charge >= 0.3 is 0 Å². The van der Waals surface area contributed by atoms with Gasteiger partial charge in [-0.25, -0.2) is 13.6 Å². The summed E-state index contributed by atoms with van der Waals surface area (Å²) in [5.74, 6) is -0.305. The van der Waals surface area contributed by atoms with Gasteiger partial charge in [0.2, 0.25) is 10.0 Å². The zero-order valence-corrected chi connectivity index (χ0v) is 16.1. The number of halogens is 1. The normalized spacial score (nSPS) is 13.8. The zero-order chi connectivity index (χ0) is 17.5. The maximum atomic E-state index is 12.5. The highest BCUT2D eigenvalue weighted by Gasteiger charge is 2.26. The second-order valence-corrected chi connectivity index (χ2v) is 8.91. The maximum Gasteiger partial charge on any atom is 0.251 e. The quantitative estimate of drug-likeness (QED) is 0.830. The lowest BCUT2D eigenvalue weighted by Crippen LogP contribution is -2.41. The van der Waals surface area contributed by atoms with Gasteiger partial charge in [-0.15, -0.1) is 0 Å². The van der Waals surface area contributed by atoms with E-state index < -0.39 is 10.0 Å². The Morgan fingerprint density at radius 2 is 1.82 bits per heavy atom. The molecule has 0 saturated heterocycles. The first-order chi connectivity index (χ1) is 9.76. The highest BCUT2D eigenvalue weighted by molar-refractivity contribution is 9.10. The minimum atomic E-state index is -3.93. The van der Waals surface area contributed by atoms with Crippen molar-refractivity contribution in [2.24, 2.45) is 10.6 Å². The van der Waals surface area contributed by atoms with Crippen molar-refractivity contribution in [1.82, 2.24) is 5.32 Å². The second kappa shape index (κ2) is 6.29. The van der Waals surface area contributed by atoms with Crippen LogP contribution >= 0.6 is 15.9 Å². The van der Waals surface area contributed by atoms with Crippen molar-refractivity contribution >= 4 is 31.9 Å². The highest BCUT2D eigenvalue weighted by atomic mass is 79.9. The Balaban J connectivity index is 3.39. The third-order valence-electron chi connectivity index (χ3n) is 3.83. The van der Waals surface area contributed by atoms with Gasteiger partial charge in [0.25, 0.3) is 5.91 Å². The molecule has 0 spiro atoms. The zero-order valence-electron chi connectivity index (χ0n) is 13.7. The molecule has 0 aliphatic carbocycles. The van der Waals surface area contributed by atoms with Crippen LogP contribution in [0.1, 0.15) is 49.2 Å². The molecule has 0 radical (unpaired) electrons. The smallest absolute Gasteiger partial charge is 0.251 e. The van der Waals surface area contributed by atoms with E-state index in [1.165, 1.54) is 0 Å². The third kappa shape index (κ3) is 4.08. The van der Waals surface area contributed by atoms with E-state index in [2.05, 4.69) is 21.2 Å². The molecule has 0 heterocycles. The molecule has 1 aromatic carbocycles. The Hall–Kier alpha value is -0.920. The summed E-state index contributed by atoms with van der Waals surface area (Å²) in [6.45, 7) is 11.3. The number of sulfonamides is 1. The van der Waals surface area contributed by atoms with E-state index in [9.17, 15) is 13.2 Å². The number of benzene rings is 1. The monoisotopic (exact) mass is 390 g/mol. The fourth-order valence-electron chi connectivity index (χ4n) is 1.92. The second-order valence-electron chi connectivity index (χ2n) is 6.62. The van der Waals surface area contributed by atoms with E-state index in [1.54, 1.807) is 19.9 Å². The number of carbonyl (C=O) groups is 1. The molecule has 0 bridgehead atoms. The number of hydrogen-bond acceptors (Lipinski definition) is 3. The molecule has 1 atom stereocenters. The van der Waals surface area contributed by atoms with Crippen LogP contribution in [0, 0.1) is 19.3 Å². The lowest BCUT2D eigenvalue weighted by Gasteiger charge is -2.28. The minimum Gasteiger partial charge on any atom is -0.349 e. The van der Waals surface area contributed by atoms with Crippen LogP contribution in [0.5, 0.6) is 0 Å². The first-order valence-corrected chi connectivity index (χ1v) is 9.24. The number of nitrogens with one attached hydrogen (secondary N) is 1. The van der Waals surface area contributed by atoms with E-state index in [-0.39, 0.29) is 22.3 Å². The molecule has 0 saturated carbocycles. The van der Waals surface area contributed by atoms with Crippen molar-refractivity contribution in [3.63, 3.8) is 0 Å². The fraction of sp³-hybridized carbons (Fsp3) is 0.533. The van der Waals surface area contributed by atoms with E-state index in [0.717, 1.165) is 0 Å². The number of hydrogen-bond donors (Lipinski definition) is 2. The number of primary sulfonamides is 1. The van der Waals surface area contributed by atoms with Gasteiger partial charge in [-0.2, -0.15) is 0 Å². The highest BCUT2D eigenvalue weighted by Crippen LogP contribution is 2.31. The molecule has 0 aliphatic rings. The molecule has 22 heavy (non-hydrogen) atoms. The standard InChI is InChI=1S/C15H23BrN2O3S/c1-8-7-11(14(19)18-10(3)15(4,5)6)9(2)13(12(8)16)22(17,20)21/h7,10H,1-6H3,(H,18,19)(H2,17,20,21). The first kappa shape index (κ1) is 19.1. The summed E-state index contributed by atoms with van der Waals surface area (Å²) in [5, 5.41) is 8.19. The summed E-state index contributed by atoms with van der Waals surface area (Å²) in [5.41, 5.74) is 1.21. The topological polar surface area (TPSA) is 89.3 Å². The molecule has 0 aromatic heterocycles. The molecule has 124 valence electrons. The van der Waals surface area contributed by atoms with Crippen molar-refractivity contribution in [1.29, 1.82) is 0 Å². The van der Waals surface area contributed by atoms with Gasteiger partial charge in [-0.05, 0) is 59.3 Å². The molecule has 3 N–H and O–H groups in total. The Kier molecular flexibility index (Phi) is 5.47. The molecule has 0 fully saturated rings. The minimum absolute atomic E-state index is 0.0407. The van der Waals surface area contributed by atoms with Crippen LogP contribution in [0.25, 0.3) is 0 Å². The van der Waals surface area contributed by atoms with Crippen molar-refractivity contribution in [3.05, 3.63) is 27.2 Å². The fourth-order valence-corrected chi connectivity index (χ4v) is 3.96. The van der Waals surface area contributed by atoms with Gasteiger partial charge < -0.3 is 5.32 Å². The molecular formula is C15H23BrN2O3S. The van der Waals surface area contributed by atoms with Crippen LogP contribution in [0.15, 0.2) is 15.4 Å². The molecule has 0 aliphatic heterocycles. The number of carbonyl (C=O) groups excluding carboxylic acids is 1. The van der Waals surface area contributed by atoms with Gasteiger partial charge in [0.1, 0.15) is 0 Å². The van der Waals surface area contributed by atoms with Crippen LogP contribution in [-0.4, -0.2) is 20.4 Å². The van der Waals surface area contributed by atoms with Crippen molar-refractivity contribution in [2.45, 2.75) is 52.5 Å². The Bertz CT molecular complexity index is 706. The Morgan fingerprint density at radius 1 is 1.32 bits per heavy atom. The van der Waals surface area contributed by atoms with Gasteiger partial charge in [-0.1, -0.05) is 20.8 Å². The van der Waals surface area contributed by atoms with Crippen molar-refractivity contribution in [3.8, 4) is 0 Å². The van der Waals surface area contributed by atoms with Crippen LogP contribution < -0.4 is 10.5 Å². The SMILES string of the molecule is Cc1cc(C(=O)NC(C)C(C)(C)C)c(C)c(S(N)(=O)=O)c1Br. The predicted molar refractivity (Wildman–Crippen MR) is 91.4 cm³/mol. The van der Waals surface area contributed by atoms with Crippen LogP contribution in [-0.2, 0) is 10.0 Å². The van der Waals surface area contributed by atoms with E-state index >= 15 is 0 Å². The number of rotatable bonds is 3. The van der Waals surface area contributed by atoms with Gasteiger partial charge in [0, 0.05) is 16.1 Å². The molecule has 1 aromatic rings. The summed E-state index contributed by atoms with van der Waals surface area (Å²) in [4.78, 5) is 12.5.